The van der Waals surface area contributed by atoms with Crippen LogP contribution in [0.25, 0.3) is 0 Å². The van der Waals surface area contributed by atoms with E-state index in [4.69, 9.17) is 4.84 Å². The number of hydrogen-bond donors (Lipinski definition) is 1. The molecule has 8 nitrogen and oxygen atoms in total. The highest BCUT2D eigenvalue weighted by Crippen LogP contribution is 2.66. The van der Waals surface area contributed by atoms with Gasteiger partial charge in [0.15, 0.2) is 5.78 Å². The van der Waals surface area contributed by atoms with Gasteiger partial charge in [-0.3, -0.25) is 14.4 Å². The number of rotatable bonds is 6. The molecule has 3 saturated carbocycles. The van der Waals surface area contributed by atoms with Gasteiger partial charge < -0.3 is 15.1 Å². The molecule has 0 aromatic heterocycles. The lowest BCUT2D eigenvalue weighted by atomic mass is 9.46. The fourth-order valence-corrected chi connectivity index (χ4v) is 9.55. The lowest BCUT2D eigenvalue weighted by Crippen LogP contribution is -2.51. The topological polar surface area (TPSA) is 91.3 Å². The quantitative estimate of drug-likeness (QED) is 0.278. The number of allylic oxidation sites excluding steroid dienone is 1. The van der Waals surface area contributed by atoms with Crippen LogP contribution in [0.2, 0.25) is 0 Å². The van der Waals surface area contributed by atoms with E-state index in [0.29, 0.717) is 49.0 Å². The van der Waals surface area contributed by atoms with Crippen molar-refractivity contribution in [2.24, 2.45) is 39.7 Å². The molecule has 40 heavy (non-hydrogen) atoms. The Morgan fingerprint density at radius 1 is 1.05 bits per heavy atom. The molecule has 8 heteroatoms. The van der Waals surface area contributed by atoms with Crippen molar-refractivity contribution < 1.29 is 19.2 Å². The second kappa shape index (κ2) is 11.2. The Morgan fingerprint density at radius 3 is 2.55 bits per heavy atom. The summed E-state index contributed by atoms with van der Waals surface area (Å²) in [5, 5.41) is 7.83. The average molecular weight is 555 g/mol. The molecule has 1 N–H and O–H groups in total. The Kier molecular flexibility index (Phi) is 8.21. The molecule has 0 radical (unpaired) electrons. The zero-order valence-corrected chi connectivity index (χ0v) is 25.5. The number of carbonyl (C=O) groups excluding carboxylic acids is 3. The summed E-state index contributed by atoms with van der Waals surface area (Å²) < 4.78 is 0. The fourth-order valence-electron chi connectivity index (χ4n) is 9.55. The normalized spacial score (nSPS) is 39.1. The maximum absolute atomic E-state index is 13.0. The molecule has 1 aliphatic heterocycles. The molecule has 0 bridgehead atoms. The Morgan fingerprint density at radius 2 is 1.82 bits per heavy atom. The van der Waals surface area contributed by atoms with Crippen LogP contribution in [0.1, 0.15) is 91.9 Å². The van der Waals surface area contributed by atoms with Gasteiger partial charge in [-0.15, -0.1) is 0 Å². The number of fused-ring (bicyclic) bond motifs is 5. The molecule has 4 aliphatic carbocycles. The van der Waals surface area contributed by atoms with E-state index >= 15 is 0 Å². The molecular formula is C32H50N4O4. The summed E-state index contributed by atoms with van der Waals surface area (Å²) in [5.74, 6) is 2.76. The van der Waals surface area contributed by atoms with E-state index in [1.807, 2.05) is 19.9 Å². The van der Waals surface area contributed by atoms with Crippen molar-refractivity contribution in [3.63, 3.8) is 0 Å². The van der Waals surface area contributed by atoms with E-state index < -0.39 is 6.09 Å². The third-order valence-electron chi connectivity index (χ3n) is 11.8. The summed E-state index contributed by atoms with van der Waals surface area (Å²) in [5.41, 5.74) is 2.72. The molecule has 222 valence electrons. The van der Waals surface area contributed by atoms with Crippen LogP contribution in [0.5, 0.6) is 0 Å². The minimum atomic E-state index is -0.416. The smallest absolute Gasteiger partial charge is 0.347 e. The summed E-state index contributed by atoms with van der Waals surface area (Å²) in [6.07, 6.45) is 11.9. The Bertz CT molecular complexity index is 1080. The van der Waals surface area contributed by atoms with Crippen LogP contribution in [0.3, 0.4) is 0 Å². The van der Waals surface area contributed by atoms with Crippen LogP contribution in [0, 0.1) is 34.5 Å². The van der Waals surface area contributed by atoms with Crippen molar-refractivity contribution >= 4 is 23.5 Å². The second-order valence-electron chi connectivity index (χ2n) is 14.0. The maximum Gasteiger partial charge on any atom is 0.436 e. The van der Waals surface area contributed by atoms with E-state index in [1.165, 1.54) is 31.3 Å². The van der Waals surface area contributed by atoms with Gasteiger partial charge in [-0.1, -0.05) is 24.6 Å². The van der Waals surface area contributed by atoms with Gasteiger partial charge in [0.05, 0.1) is 11.8 Å². The van der Waals surface area contributed by atoms with Crippen molar-refractivity contribution in [3.05, 3.63) is 11.6 Å². The number of ketones is 1. The summed E-state index contributed by atoms with van der Waals surface area (Å²) in [7, 11) is 3.54. The van der Waals surface area contributed by atoms with Crippen molar-refractivity contribution in [2.45, 2.75) is 104 Å². The summed E-state index contributed by atoms with van der Waals surface area (Å²) in [4.78, 5) is 46.3. The number of carbonyl (C=O) groups is 3. The minimum Gasteiger partial charge on any atom is -0.347 e. The van der Waals surface area contributed by atoms with E-state index in [2.05, 4.69) is 24.3 Å². The monoisotopic (exact) mass is 554 g/mol. The van der Waals surface area contributed by atoms with Crippen LogP contribution < -0.4 is 5.32 Å². The molecular weight excluding hydrogens is 504 g/mol. The lowest BCUT2D eigenvalue weighted by Gasteiger charge is -2.58. The van der Waals surface area contributed by atoms with Crippen LogP contribution in [0.4, 0.5) is 4.79 Å². The maximum atomic E-state index is 13.0. The predicted molar refractivity (Wildman–Crippen MR) is 156 cm³/mol. The molecule has 5 aliphatic rings. The Hall–Kier alpha value is -2.22. The molecule has 8 atom stereocenters. The number of oxime groups is 1. The zero-order chi connectivity index (χ0) is 28.8. The SMILES string of the molecule is CCN(CC1CCC(C(=O)N(C)C)N1)C(=O)O/N=C(\C)[C@H]1CC[C@H]2[C@@H]3CCC4=CC(=O)CC[C@]4(C)[C@H]3CC[C@]12C. The summed E-state index contributed by atoms with van der Waals surface area (Å²) in [6, 6.07) is -0.109. The van der Waals surface area contributed by atoms with Gasteiger partial charge in [-0.2, -0.15) is 0 Å². The summed E-state index contributed by atoms with van der Waals surface area (Å²) >= 11 is 0. The Labute approximate surface area is 240 Å². The fraction of sp³-hybridized carbons (Fsp3) is 0.812. The first-order valence-electron chi connectivity index (χ1n) is 15.7. The van der Waals surface area contributed by atoms with Crippen LogP contribution >= 0.6 is 0 Å². The first-order chi connectivity index (χ1) is 19.0. The number of likely N-dealkylation sites (N-methyl/N-ethyl adjacent to an activating group) is 2. The predicted octanol–water partition coefficient (Wildman–Crippen LogP) is 5.18. The van der Waals surface area contributed by atoms with Gasteiger partial charge in [0.2, 0.25) is 5.91 Å². The molecule has 0 aromatic carbocycles. The average Bonchev–Trinajstić information content (AvgIpc) is 3.54. The minimum absolute atomic E-state index is 0.0751. The van der Waals surface area contributed by atoms with Crippen LogP contribution in [-0.4, -0.2) is 72.6 Å². The number of nitrogens with zero attached hydrogens (tertiary/aromatic N) is 3. The van der Waals surface area contributed by atoms with Crippen molar-refractivity contribution in [1.29, 1.82) is 0 Å². The van der Waals surface area contributed by atoms with Crippen molar-refractivity contribution in [2.75, 3.05) is 27.2 Å². The van der Waals surface area contributed by atoms with Crippen LogP contribution in [0.15, 0.2) is 16.8 Å². The van der Waals surface area contributed by atoms with Crippen molar-refractivity contribution in [3.8, 4) is 0 Å². The first-order valence-corrected chi connectivity index (χ1v) is 15.7. The van der Waals surface area contributed by atoms with Gasteiger partial charge in [0.25, 0.3) is 0 Å². The standard InChI is InChI=1S/C32H50N4O4/c1-7-36(19-22-9-13-28(33-22)29(38)35(5)6)30(39)40-34-20(2)25-11-12-26-24-10-8-21-18-23(37)14-16-31(21,3)27(24)15-17-32(25,26)4/h18,22,24-28,33H,7-17,19H2,1-6H3/b34-20+/t22?,24-,25+,26-,27-,28?,31-,32+/m0/s1. The highest BCUT2D eigenvalue weighted by molar-refractivity contribution is 5.91. The number of amides is 2. The zero-order valence-electron chi connectivity index (χ0n) is 25.5. The molecule has 2 unspecified atom stereocenters. The third kappa shape index (κ3) is 5.14. The van der Waals surface area contributed by atoms with E-state index in [9.17, 15) is 14.4 Å². The van der Waals surface area contributed by atoms with E-state index in [1.54, 1.807) is 23.9 Å². The molecule has 4 fully saturated rings. The lowest BCUT2D eigenvalue weighted by molar-refractivity contribution is -0.130. The summed E-state index contributed by atoms with van der Waals surface area (Å²) in [6.45, 7) is 9.92. The molecule has 1 saturated heterocycles. The highest BCUT2D eigenvalue weighted by Gasteiger charge is 2.59. The number of nitrogens with one attached hydrogen (secondary N) is 1. The van der Waals surface area contributed by atoms with Gasteiger partial charge >= 0.3 is 6.09 Å². The van der Waals surface area contributed by atoms with Gasteiger partial charge in [0.1, 0.15) is 0 Å². The first kappa shape index (κ1) is 29.3. The molecule has 0 spiro atoms. The van der Waals surface area contributed by atoms with Gasteiger partial charge in [-0.25, -0.2) is 4.79 Å². The third-order valence-corrected chi connectivity index (χ3v) is 11.8. The molecule has 0 aromatic rings. The van der Waals surface area contributed by atoms with Gasteiger partial charge in [0, 0.05) is 45.6 Å². The van der Waals surface area contributed by atoms with E-state index in [0.717, 1.165) is 37.8 Å². The number of hydrogen-bond acceptors (Lipinski definition) is 6. The van der Waals surface area contributed by atoms with Crippen molar-refractivity contribution in [1.82, 2.24) is 15.1 Å². The molecule has 2 amide bonds. The van der Waals surface area contributed by atoms with Gasteiger partial charge in [-0.05, 0) is 106 Å². The Balaban J connectivity index is 1.20. The molecule has 5 rings (SSSR count). The highest BCUT2D eigenvalue weighted by atomic mass is 16.7. The van der Waals surface area contributed by atoms with Crippen LogP contribution in [-0.2, 0) is 14.4 Å². The largest absolute Gasteiger partial charge is 0.436 e. The molecule has 1 heterocycles. The van der Waals surface area contributed by atoms with E-state index in [-0.39, 0.29) is 28.8 Å². The second-order valence-corrected chi connectivity index (χ2v) is 14.0.